The molecule has 0 radical (unpaired) electrons. The Bertz CT molecular complexity index is 723. The first-order valence-electron chi connectivity index (χ1n) is 8.14. The third-order valence-electron chi connectivity index (χ3n) is 5.20. The third kappa shape index (κ3) is 2.53. The van der Waals surface area contributed by atoms with Crippen molar-refractivity contribution >= 4 is 11.5 Å². The van der Waals surface area contributed by atoms with E-state index >= 15 is 0 Å². The molecular weight excluding hydrogens is 286 g/mol. The van der Waals surface area contributed by atoms with Gasteiger partial charge < -0.3 is 9.80 Å². The molecule has 0 bridgehead atoms. The predicted octanol–water partition coefficient (Wildman–Crippen LogP) is 2.70. The number of carbonyl (C=O) groups is 1. The fourth-order valence-electron chi connectivity index (χ4n) is 3.73. The quantitative estimate of drug-likeness (QED) is 0.817. The number of hydrogen-bond acceptors (Lipinski definition) is 4. The maximum absolute atomic E-state index is 11.3. The van der Waals surface area contributed by atoms with Gasteiger partial charge in [0.15, 0.2) is 5.78 Å². The van der Waals surface area contributed by atoms with Gasteiger partial charge in [-0.3, -0.25) is 9.78 Å². The Morgan fingerprint density at radius 3 is 2.43 bits per heavy atom. The summed E-state index contributed by atoms with van der Waals surface area (Å²) in [7, 11) is 2.21. The van der Waals surface area contributed by atoms with E-state index in [2.05, 4.69) is 34.0 Å². The van der Waals surface area contributed by atoms with E-state index in [9.17, 15) is 4.79 Å². The lowest BCUT2D eigenvalue weighted by Gasteiger charge is -2.40. The van der Waals surface area contributed by atoms with Crippen LogP contribution >= 0.6 is 0 Å². The van der Waals surface area contributed by atoms with Crippen LogP contribution in [0.1, 0.15) is 17.3 Å². The van der Waals surface area contributed by atoms with Crippen molar-refractivity contribution in [3.8, 4) is 11.3 Å². The van der Waals surface area contributed by atoms with E-state index in [1.54, 1.807) is 6.92 Å². The number of Topliss-reactive ketones (excluding diaryl/α,β-unsaturated/α-hetero) is 1. The Labute approximate surface area is 136 Å². The van der Waals surface area contributed by atoms with E-state index in [4.69, 9.17) is 0 Å². The summed E-state index contributed by atoms with van der Waals surface area (Å²) in [6, 6.07) is 12.6. The van der Waals surface area contributed by atoms with Gasteiger partial charge in [-0.1, -0.05) is 24.3 Å². The third-order valence-corrected chi connectivity index (χ3v) is 5.20. The number of likely N-dealkylation sites (tertiary alicyclic amines) is 1. The van der Waals surface area contributed by atoms with Crippen molar-refractivity contribution in [1.29, 1.82) is 0 Å². The van der Waals surface area contributed by atoms with E-state index in [0.717, 1.165) is 35.8 Å². The van der Waals surface area contributed by atoms with Crippen LogP contribution in [0.25, 0.3) is 11.3 Å². The molecule has 0 amide bonds. The summed E-state index contributed by atoms with van der Waals surface area (Å²) in [6.07, 6.45) is 1.97. The largest absolute Gasteiger partial charge is 0.368 e. The molecule has 2 aliphatic heterocycles. The van der Waals surface area contributed by atoms with E-state index in [1.165, 1.54) is 12.2 Å². The summed E-state index contributed by atoms with van der Waals surface area (Å²) < 4.78 is 0. The summed E-state index contributed by atoms with van der Waals surface area (Å²) in [5.41, 5.74) is 3.94. The number of pyridine rings is 1. The van der Waals surface area contributed by atoms with Crippen molar-refractivity contribution in [1.82, 2.24) is 9.88 Å². The molecule has 2 aliphatic rings. The van der Waals surface area contributed by atoms with Gasteiger partial charge in [0.1, 0.15) is 0 Å². The second kappa shape index (κ2) is 5.46. The maximum Gasteiger partial charge on any atom is 0.159 e. The van der Waals surface area contributed by atoms with Crippen LogP contribution in [-0.2, 0) is 0 Å². The van der Waals surface area contributed by atoms with Gasteiger partial charge in [0.05, 0.1) is 17.6 Å². The van der Waals surface area contributed by atoms with Gasteiger partial charge in [0.25, 0.3) is 0 Å². The van der Waals surface area contributed by atoms with E-state index in [-0.39, 0.29) is 5.78 Å². The molecule has 4 rings (SSSR count). The Hall–Kier alpha value is -2.20. The highest BCUT2D eigenvalue weighted by molar-refractivity contribution is 5.94. The monoisotopic (exact) mass is 307 g/mol. The Kier molecular flexibility index (Phi) is 3.42. The number of fused-ring (bicyclic) bond motifs is 1. The molecule has 2 unspecified atom stereocenters. The first-order chi connectivity index (χ1) is 11.1. The summed E-state index contributed by atoms with van der Waals surface area (Å²) >= 11 is 0. The Morgan fingerprint density at radius 2 is 1.87 bits per heavy atom. The molecule has 2 fully saturated rings. The van der Waals surface area contributed by atoms with Gasteiger partial charge in [-0.05, 0) is 26.1 Å². The van der Waals surface area contributed by atoms with Crippen LogP contribution < -0.4 is 4.90 Å². The molecule has 4 heteroatoms. The Morgan fingerprint density at radius 1 is 1.09 bits per heavy atom. The van der Waals surface area contributed by atoms with Crippen LogP contribution in [0.2, 0.25) is 0 Å². The Balaban J connectivity index is 1.51. The summed E-state index contributed by atoms with van der Waals surface area (Å²) in [5.74, 6) is 0.910. The minimum absolute atomic E-state index is 0.0912. The molecule has 2 atom stereocenters. The second-order valence-electron chi connectivity index (χ2n) is 6.71. The molecule has 23 heavy (non-hydrogen) atoms. The highest BCUT2D eigenvalue weighted by Gasteiger charge is 2.43. The summed E-state index contributed by atoms with van der Waals surface area (Å²) in [6.45, 7) is 5.05. The minimum atomic E-state index is 0.0912. The van der Waals surface area contributed by atoms with Gasteiger partial charge in [-0.25, -0.2) is 0 Å². The molecular formula is C19H21N3O. The van der Waals surface area contributed by atoms with Crippen molar-refractivity contribution in [2.75, 3.05) is 31.6 Å². The number of nitrogens with zero attached hydrogens (tertiary/aromatic N) is 3. The zero-order valence-electron chi connectivity index (χ0n) is 13.6. The molecule has 0 aliphatic carbocycles. The smallest absolute Gasteiger partial charge is 0.159 e. The topological polar surface area (TPSA) is 36.4 Å². The van der Waals surface area contributed by atoms with Crippen LogP contribution in [0.3, 0.4) is 0 Å². The molecule has 118 valence electrons. The molecule has 0 saturated carbocycles. The summed E-state index contributed by atoms with van der Waals surface area (Å²) in [4.78, 5) is 20.8. The first kappa shape index (κ1) is 14.4. The van der Waals surface area contributed by atoms with Crippen LogP contribution in [0.4, 0.5) is 5.69 Å². The number of hydrogen-bond donors (Lipinski definition) is 0. The van der Waals surface area contributed by atoms with Crippen molar-refractivity contribution in [3.63, 3.8) is 0 Å². The maximum atomic E-state index is 11.3. The lowest BCUT2D eigenvalue weighted by molar-refractivity contribution is 0.0827. The lowest BCUT2D eigenvalue weighted by atomic mass is 9.93. The van der Waals surface area contributed by atoms with Gasteiger partial charge in [-0.2, -0.15) is 0 Å². The van der Waals surface area contributed by atoms with Crippen molar-refractivity contribution in [3.05, 3.63) is 48.2 Å². The number of benzene rings is 1. The fraction of sp³-hybridized carbons (Fsp3) is 0.368. The highest BCUT2D eigenvalue weighted by Crippen LogP contribution is 2.33. The molecule has 4 nitrogen and oxygen atoms in total. The van der Waals surface area contributed by atoms with E-state index < -0.39 is 0 Å². The van der Waals surface area contributed by atoms with E-state index in [0.29, 0.717) is 6.04 Å². The molecule has 2 aromatic rings. The van der Waals surface area contributed by atoms with Gasteiger partial charge in [-0.15, -0.1) is 0 Å². The number of aromatic nitrogens is 1. The zero-order valence-corrected chi connectivity index (χ0v) is 13.6. The standard InChI is InChI=1S/C19H21N3O/c1-13(23)14-3-5-15(6-4-14)18-8-7-17(9-20-18)22-11-16-10-21(2)19(16)12-22/h3-9,16,19H,10-12H2,1-2H3. The first-order valence-corrected chi connectivity index (χ1v) is 8.14. The van der Waals surface area contributed by atoms with Crippen LogP contribution in [-0.4, -0.2) is 48.4 Å². The second-order valence-corrected chi connectivity index (χ2v) is 6.71. The lowest BCUT2D eigenvalue weighted by Crippen LogP contribution is -2.52. The number of carbonyl (C=O) groups excluding carboxylic acids is 1. The zero-order chi connectivity index (χ0) is 16.0. The fourth-order valence-corrected chi connectivity index (χ4v) is 3.73. The number of anilines is 1. The minimum Gasteiger partial charge on any atom is -0.368 e. The average molecular weight is 307 g/mol. The van der Waals surface area contributed by atoms with Crippen molar-refractivity contribution in [2.24, 2.45) is 5.92 Å². The molecule has 3 heterocycles. The number of rotatable bonds is 3. The molecule has 0 N–H and O–H groups in total. The van der Waals surface area contributed by atoms with Crippen LogP contribution in [0, 0.1) is 5.92 Å². The van der Waals surface area contributed by atoms with Gasteiger partial charge in [0, 0.05) is 42.7 Å². The van der Waals surface area contributed by atoms with Gasteiger partial charge in [0.2, 0.25) is 0 Å². The SMILES string of the molecule is CC(=O)c1ccc(-c2ccc(N3CC4CN(C)C4C3)cn2)cc1. The van der Waals surface area contributed by atoms with E-state index in [1.807, 2.05) is 30.5 Å². The highest BCUT2D eigenvalue weighted by atomic mass is 16.1. The molecule has 2 saturated heterocycles. The average Bonchev–Trinajstić information content (AvgIpc) is 2.92. The molecule has 1 aromatic carbocycles. The number of likely N-dealkylation sites (N-methyl/N-ethyl adjacent to an activating group) is 1. The van der Waals surface area contributed by atoms with Crippen LogP contribution in [0.15, 0.2) is 42.6 Å². The van der Waals surface area contributed by atoms with Crippen molar-refractivity contribution < 1.29 is 4.79 Å². The number of ketones is 1. The normalized spacial score (nSPS) is 23.5. The summed E-state index contributed by atoms with van der Waals surface area (Å²) in [5, 5.41) is 0. The molecule has 0 spiro atoms. The van der Waals surface area contributed by atoms with Gasteiger partial charge >= 0.3 is 0 Å². The predicted molar refractivity (Wildman–Crippen MR) is 91.8 cm³/mol. The van der Waals surface area contributed by atoms with Crippen LogP contribution in [0.5, 0.6) is 0 Å². The van der Waals surface area contributed by atoms with Crippen molar-refractivity contribution in [2.45, 2.75) is 13.0 Å². The molecule has 1 aromatic heterocycles.